The fourth-order valence-electron chi connectivity index (χ4n) is 3.95. The van der Waals surface area contributed by atoms with Crippen molar-refractivity contribution in [3.8, 4) is 0 Å². The number of ether oxygens (including phenoxy) is 1. The Labute approximate surface area is 184 Å². The van der Waals surface area contributed by atoms with Gasteiger partial charge in [-0.2, -0.15) is 0 Å². The summed E-state index contributed by atoms with van der Waals surface area (Å²) in [7, 11) is 0. The van der Waals surface area contributed by atoms with Crippen molar-refractivity contribution in [2.75, 3.05) is 19.7 Å². The Kier molecular flexibility index (Phi) is 6.29. The average Bonchev–Trinajstić information content (AvgIpc) is 2.77. The Hall–Kier alpha value is -3.56. The van der Waals surface area contributed by atoms with Crippen molar-refractivity contribution >= 4 is 22.5 Å². The third-order valence-corrected chi connectivity index (χ3v) is 5.46. The molecule has 0 bridgehead atoms. The van der Waals surface area contributed by atoms with Gasteiger partial charge >= 0.3 is 0 Å². The highest BCUT2D eigenvalue weighted by Gasteiger charge is 2.17. The lowest BCUT2D eigenvalue weighted by Crippen LogP contribution is -2.40. The second kappa shape index (κ2) is 9.29. The Bertz CT molecular complexity index is 1220. The fraction of sp³-hybridized carbons (Fsp3) is 0.304. The van der Waals surface area contributed by atoms with Crippen molar-refractivity contribution < 1.29 is 14.5 Å². The Balaban J connectivity index is 1.49. The van der Waals surface area contributed by atoms with Crippen LogP contribution in [0.5, 0.6) is 0 Å². The highest BCUT2D eigenvalue weighted by molar-refractivity contribution is 6.06. The predicted molar refractivity (Wildman–Crippen MR) is 120 cm³/mol. The largest absolute Gasteiger partial charge is 0.376 e. The number of benzene rings is 2. The number of non-ortho nitro benzene ring substituents is 1. The number of hydrogen-bond acceptors (Lipinski definition) is 6. The zero-order chi connectivity index (χ0) is 22.7. The molecule has 1 atom stereocenters. The van der Waals surface area contributed by atoms with E-state index in [1.165, 1.54) is 18.2 Å². The maximum atomic E-state index is 12.8. The molecule has 1 amide bonds. The number of H-pyrrole nitrogens is 1. The number of morpholine rings is 1. The molecule has 166 valence electrons. The SMILES string of the molecule is CC1CN(Cc2cccc(CNC(=O)c3cc(=O)[nH]c4ccc([N+](=O)[O-])cc34)c2)CCO1. The molecule has 1 saturated heterocycles. The normalized spacial score (nSPS) is 16.7. The molecular weight excluding hydrogens is 412 g/mol. The van der Waals surface area contributed by atoms with Crippen molar-refractivity contribution in [3.05, 3.63) is 85.7 Å². The lowest BCUT2D eigenvalue weighted by Gasteiger charge is -2.31. The number of hydrogen-bond donors (Lipinski definition) is 2. The van der Waals surface area contributed by atoms with Crippen LogP contribution in [0.2, 0.25) is 0 Å². The third-order valence-electron chi connectivity index (χ3n) is 5.46. The number of carbonyl (C=O) groups is 1. The number of nitro groups is 1. The second-order valence-electron chi connectivity index (χ2n) is 7.95. The number of aromatic amines is 1. The highest BCUT2D eigenvalue weighted by atomic mass is 16.6. The standard InChI is InChI=1S/C23H24N4O5/c1-15-13-26(7-8-32-15)14-17-4-2-3-16(9-17)12-24-23(29)20-11-22(28)25-21-6-5-18(27(30)31)10-19(20)21/h2-6,9-11,15H,7-8,12-14H2,1H3,(H,24,29)(H,25,28). The van der Waals surface area contributed by atoms with Crippen LogP contribution in [0.25, 0.3) is 10.9 Å². The quantitative estimate of drug-likeness (QED) is 0.453. The number of pyridine rings is 1. The minimum Gasteiger partial charge on any atom is -0.376 e. The average molecular weight is 436 g/mol. The smallest absolute Gasteiger partial charge is 0.270 e. The van der Waals surface area contributed by atoms with E-state index in [4.69, 9.17) is 4.74 Å². The summed E-state index contributed by atoms with van der Waals surface area (Å²) in [5.74, 6) is -0.464. The maximum absolute atomic E-state index is 12.8. The van der Waals surface area contributed by atoms with Gasteiger partial charge in [-0.05, 0) is 24.1 Å². The molecule has 0 spiro atoms. The van der Waals surface area contributed by atoms with E-state index in [1.807, 2.05) is 18.2 Å². The fourth-order valence-corrected chi connectivity index (χ4v) is 3.95. The summed E-state index contributed by atoms with van der Waals surface area (Å²) in [5, 5.41) is 14.3. The summed E-state index contributed by atoms with van der Waals surface area (Å²) in [6, 6.07) is 13.2. The van der Waals surface area contributed by atoms with Gasteiger partial charge in [-0.3, -0.25) is 24.6 Å². The minimum absolute atomic E-state index is 0.103. The van der Waals surface area contributed by atoms with Gasteiger partial charge in [-0.1, -0.05) is 24.3 Å². The van der Waals surface area contributed by atoms with E-state index in [9.17, 15) is 19.7 Å². The molecule has 9 heteroatoms. The minimum atomic E-state index is -0.535. The van der Waals surface area contributed by atoms with Crippen LogP contribution in [0, 0.1) is 10.1 Å². The molecule has 3 aromatic rings. The van der Waals surface area contributed by atoms with Gasteiger partial charge in [0.05, 0.1) is 23.2 Å². The second-order valence-corrected chi connectivity index (χ2v) is 7.95. The van der Waals surface area contributed by atoms with Crippen molar-refractivity contribution in [1.82, 2.24) is 15.2 Å². The molecule has 2 N–H and O–H groups in total. The van der Waals surface area contributed by atoms with Crippen LogP contribution < -0.4 is 10.9 Å². The molecular formula is C23H24N4O5. The number of fused-ring (bicyclic) bond motifs is 1. The molecule has 0 saturated carbocycles. The molecule has 0 radical (unpaired) electrons. The molecule has 1 aromatic heterocycles. The van der Waals surface area contributed by atoms with E-state index in [-0.39, 0.29) is 23.9 Å². The van der Waals surface area contributed by atoms with E-state index in [0.29, 0.717) is 10.9 Å². The first-order chi connectivity index (χ1) is 15.4. The molecule has 2 aromatic carbocycles. The summed E-state index contributed by atoms with van der Waals surface area (Å²) in [5.41, 5.74) is 1.95. The molecule has 1 aliphatic heterocycles. The predicted octanol–water partition coefficient (Wildman–Crippen LogP) is 2.59. The van der Waals surface area contributed by atoms with Crippen LogP contribution in [0.4, 0.5) is 5.69 Å². The van der Waals surface area contributed by atoms with E-state index in [2.05, 4.69) is 28.2 Å². The van der Waals surface area contributed by atoms with Crippen LogP contribution in [0.3, 0.4) is 0 Å². The number of nitrogens with zero attached hydrogens (tertiary/aromatic N) is 2. The molecule has 2 heterocycles. The number of nitrogens with one attached hydrogen (secondary N) is 2. The van der Waals surface area contributed by atoms with Crippen molar-refractivity contribution in [2.24, 2.45) is 0 Å². The molecule has 32 heavy (non-hydrogen) atoms. The Morgan fingerprint density at radius 1 is 1.25 bits per heavy atom. The number of carbonyl (C=O) groups excluding carboxylic acids is 1. The van der Waals surface area contributed by atoms with Crippen LogP contribution in [0.15, 0.2) is 53.3 Å². The van der Waals surface area contributed by atoms with Gasteiger partial charge in [-0.25, -0.2) is 0 Å². The lowest BCUT2D eigenvalue weighted by molar-refractivity contribution is -0.384. The zero-order valence-electron chi connectivity index (χ0n) is 17.7. The summed E-state index contributed by atoms with van der Waals surface area (Å²) in [4.78, 5) is 40.3. The number of rotatable bonds is 6. The first kappa shape index (κ1) is 21.7. The van der Waals surface area contributed by atoms with Gasteiger partial charge in [0.2, 0.25) is 5.56 Å². The lowest BCUT2D eigenvalue weighted by atomic mass is 10.1. The molecule has 1 aliphatic rings. The molecule has 1 unspecified atom stereocenters. The number of nitro benzene ring substituents is 1. The third kappa shape index (κ3) is 5.01. The molecule has 1 fully saturated rings. The highest BCUT2D eigenvalue weighted by Crippen LogP contribution is 2.22. The Morgan fingerprint density at radius 3 is 2.84 bits per heavy atom. The van der Waals surface area contributed by atoms with E-state index in [0.717, 1.165) is 43.4 Å². The first-order valence-corrected chi connectivity index (χ1v) is 10.4. The van der Waals surface area contributed by atoms with Crippen LogP contribution >= 0.6 is 0 Å². The maximum Gasteiger partial charge on any atom is 0.270 e. The van der Waals surface area contributed by atoms with Crippen molar-refractivity contribution in [3.63, 3.8) is 0 Å². The van der Waals surface area contributed by atoms with Gasteiger partial charge in [0.1, 0.15) is 0 Å². The first-order valence-electron chi connectivity index (χ1n) is 10.4. The monoisotopic (exact) mass is 436 g/mol. The van der Waals surface area contributed by atoms with E-state index >= 15 is 0 Å². The van der Waals surface area contributed by atoms with Gasteiger partial charge in [-0.15, -0.1) is 0 Å². The van der Waals surface area contributed by atoms with Crippen LogP contribution in [-0.2, 0) is 17.8 Å². The van der Waals surface area contributed by atoms with E-state index < -0.39 is 16.4 Å². The van der Waals surface area contributed by atoms with Gasteiger partial charge in [0.15, 0.2) is 0 Å². The number of amides is 1. The summed E-state index contributed by atoms with van der Waals surface area (Å²) >= 11 is 0. The van der Waals surface area contributed by atoms with Crippen molar-refractivity contribution in [2.45, 2.75) is 26.1 Å². The molecule has 0 aliphatic carbocycles. The van der Waals surface area contributed by atoms with Gasteiger partial charge < -0.3 is 15.0 Å². The summed E-state index contributed by atoms with van der Waals surface area (Å²) in [6.45, 7) is 5.62. The molecule has 9 nitrogen and oxygen atoms in total. The zero-order valence-corrected chi connectivity index (χ0v) is 17.7. The Morgan fingerprint density at radius 2 is 2.06 bits per heavy atom. The van der Waals surface area contributed by atoms with Crippen LogP contribution in [0.1, 0.15) is 28.4 Å². The summed E-state index contributed by atoms with van der Waals surface area (Å²) < 4.78 is 5.58. The van der Waals surface area contributed by atoms with Gasteiger partial charge in [0.25, 0.3) is 11.6 Å². The van der Waals surface area contributed by atoms with Crippen LogP contribution in [-0.4, -0.2) is 46.5 Å². The summed E-state index contributed by atoms with van der Waals surface area (Å²) in [6.07, 6.45) is 0.214. The topological polar surface area (TPSA) is 118 Å². The number of aromatic nitrogens is 1. The van der Waals surface area contributed by atoms with E-state index in [1.54, 1.807) is 0 Å². The van der Waals surface area contributed by atoms with Crippen molar-refractivity contribution in [1.29, 1.82) is 0 Å². The molecule has 4 rings (SSSR count). The van der Waals surface area contributed by atoms with Gasteiger partial charge in [0, 0.05) is 55.3 Å².